The number of piperazine rings is 1. The molecule has 1 aliphatic heterocycles. The Bertz CT molecular complexity index is 670. The van der Waals surface area contributed by atoms with Crippen LogP contribution >= 0.6 is 24.8 Å². The number of hydrogen-bond donors (Lipinski definition) is 2. The number of phenols is 1. The fraction of sp³-hybridized carbons (Fsp3) is 0.438. The summed E-state index contributed by atoms with van der Waals surface area (Å²) < 4.78 is 0. The number of nitrogens with zero attached hydrogens (tertiary/aromatic N) is 3. The highest BCUT2D eigenvalue weighted by atomic mass is 35.5. The summed E-state index contributed by atoms with van der Waals surface area (Å²) in [6, 6.07) is 4.34. The van der Waals surface area contributed by atoms with Crippen LogP contribution in [-0.4, -0.2) is 41.1 Å². The number of benzene rings is 1. The van der Waals surface area contributed by atoms with Gasteiger partial charge in [-0.15, -0.1) is 31.4 Å². The van der Waals surface area contributed by atoms with Crippen molar-refractivity contribution in [3.63, 3.8) is 0 Å². The number of halogens is 2. The zero-order valence-corrected chi connectivity index (χ0v) is 15.5. The highest BCUT2D eigenvalue weighted by molar-refractivity contribution is 5.85. The molecule has 1 aliphatic rings. The fourth-order valence-electron chi connectivity index (χ4n) is 2.86. The minimum absolute atomic E-state index is 0. The number of nitro benzene ring substituents is 1. The zero-order chi connectivity index (χ0) is 17.0. The SMILES string of the molecule is C=C(C)C[C@@H](c1cc(C#N)cc([N+](=O)[O-])c1O)N1CCNCC1.Cl.Cl. The molecule has 1 aromatic carbocycles. The van der Waals surface area contributed by atoms with Crippen molar-refractivity contribution in [1.29, 1.82) is 5.26 Å². The maximum atomic E-state index is 11.2. The van der Waals surface area contributed by atoms with Gasteiger partial charge in [0.1, 0.15) is 0 Å². The van der Waals surface area contributed by atoms with E-state index >= 15 is 0 Å². The summed E-state index contributed by atoms with van der Waals surface area (Å²) >= 11 is 0. The van der Waals surface area contributed by atoms with Crippen LogP contribution in [-0.2, 0) is 0 Å². The Hall–Kier alpha value is -1.85. The van der Waals surface area contributed by atoms with Crippen LogP contribution in [0.5, 0.6) is 5.75 Å². The molecule has 0 bridgehead atoms. The Kier molecular flexibility index (Phi) is 9.46. The van der Waals surface area contributed by atoms with Gasteiger partial charge in [-0.05, 0) is 19.4 Å². The lowest BCUT2D eigenvalue weighted by atomic mass is 9.95. The minimum Gasteiger partial charge on any atom is -0.502 e. The third-order valence-electron chi connectivity index (χ3n) is 3.94. The molecule has 2 rings (SSSR count). The first-order valence-corrected chi connectivity index (χ1v) is 7.44. The normalized spacial score (nSPS) is 15.2. The van der Waals surface area contributed by atoms with Gasteiger partial charge < -0.3 is 10.4 Å². The Balaban J connectivity index is 0.00000288. The van der Waals surface area contributed by atoms with E-state index in [0.29, 0.717) is 12.0 Å². The number of phenolic OH excluding ortho intramolecular Hbond substituents is 1. The highest BCUT2D eigenvalue weighted by Gasteiger charge is 2.29. The number of nitriles is 1. The van der Waals surface area contributed by atoms with Crippen LogP contribution in [0.3, 0.4) is 0 Å². The van der Waals surface area contributed by atoms with Crippen molar-refractivity contribution in [2.45, 2.75) is 19.4 Å². The molecule has 1 aromatic rings. The smallest absolute Gasteiger partial charge is 0.312 e. The van der Waals surface area contributed by atoms with Crippen molar-refractivity contribution < 1.29 is 10.0 Å². The lowest BCUT2D eigenvalue weighted by molar-refractivity contribution is -0.386. The quantitative estimate of drug-likeness (QED) is 0.456. The van der Waals surface area contributed by atoms with E-state index in [9.17, 15) is 15.2 Å². The van der Waals surface area contributed by atoms with Gasteiger partial charge in [0.15, 0.2) is 5.75 Å². The number of aromatic hydroxyl groups is 1. The molecular weight excluding hydrogens is 367 g/mol. The maximum Gasteiger partial charge on any atom is 0.312 e. The van der Waals surface area contributed by atoms with E-state index in [1.54, 1.807) is 0 Å². The average molecular weight is 389 g/mol. The van der Waals surface area contributed by atoms with Gasteiger partial charge >= 0.3 is 5.69 Å². The van der Waals surface area contributed by atoms with Gasteiger partial charge in [-0.2, -0.15) is 5.26 Å². The lowest BCUT2D eigenvalue weighted by Gasteiger charge is -2.35. The molecule has 0 saturated carbocycles. The summed E-state index contributed by atoms with van der Waals surface area (Å²) in [5.41, 5.74) is 1.07. The number of rotatable bonds is 5. The molecule has 0 unspecified atom stereocenters. The molecule has 0 amide bonds. The molecule has 1 saturated heterocycles. The largest absolute Gasteiger partial charge is 0.502 e. The summed E-state index contributed by atoms with van der Waals surface area (Å²) in [5.74, 6) is -0.362. The van der Waals surface area contributed by atoms with Gasteiger partial charge in [0.05, 0.1) is 16.6 Å². The number of nitrogens with one attached hydrogen (secondary N) is 1. The molecule has 9 heteroatoms. The van der Waals surface area contributed by atoms with Gasteiger partial charge in [0.2, 0.25) is 0 Å². The third kappa shape index (κ3) is 5.58. The van der Waals surface area contributed by atoms with E-state index in [1.807, 2.05) is 13.0 Å². The lowest BCUT2D eigenvalue weighted by Crippen LogP contribution is -2.45. The summed E-state index contributed by atoms with van der Waals surface area (Å²) in [5, 5.41) is 33.9. The van der Waals surface area contributed by atoms with E-state index in [-0.39, 0.29) is 42.2 Å². The second-order valence-corrected chi connectivity index (χ2v) is 5.77. The average Bonchev–Trinajstić information content (AvgIpc) is 2.53. The Morgan fingerprint density at radius 2 is 2.08 bits per heavy atom. The molecule has 0 aliphatic carbocycles. The Morgan fingerprint density at radius 1 is 1.48 bits per heavy atom. The van der Waals surface area contributed by atoms with Crippen LogP contribution < -0.4 is 5.32 Å². The van der Waals surface area contributed by atoms with Crippen LogP contribution in [0.1, 0.15) is 30.5 Å². The van der Waals surface area contributed by atoms with Crippen molar-refractivity contribution in [3.05, 3.63) is 45.5 Å². The second kappa shape index (κ2) is 10.2. The minimum atomic E-state index is -0.657. The first-order chi connectivity index (χ1) is 10.9. The van der Waals surface area contributed by atoms with E-state index in [0.717, 1.165) is 37.8 Å². The van der Waals surface area contributed by atoms with Gasteiger partial charge in [0, 0.05) is 43.9 Å². The molecule has 0 aromatic heterocycles. The highest BCUT2D eigenvalue weighted by Crippen LogP contribution is 2.39. The first kappa shape index (κ1) is 23.1. The molecular formula is C16H22Cl2N4O3. The first-order valence-electron chi connectivity index (χ1n) is 7.44. The monoisotopic (exact) mass is 388 g/mol. The summed E-state index contributed by atoms with van der Waals surface area (Å²) in [6.07, 6.45) is 0.569. The number of hydrogen-bond acceptors (Lipinski definition) is 6. The van der Waals surface area contributed by atoms with Crippen LogP contribution in [0.2, 0.25) is 0 Å². The standard InChI is InChI=1S/C16H20N4O3.2ClH/c1-11(2)7-14(19-5-3-18-4-6-19)13-8-12(10-17)9-15(16(13)21)20(22)23;;/h8-9,14,18,21H,1,3-7H2,2H3;2*1H/t14-;;/m0../s1. The van der Waals surface area contributed by atoms with Crippen LogP contribution in [0.4, 0.5) is 5.69 Å². The Labute approximate surface area is 159 Å². The predicted octanol–water partition coefficient (Wildman–Crippen LogP) is 2.93. The van der Waals surface area contributed by atoms with Crippen LogP contribution in [0.15, 0.2) is 24.3 Å². The van der Waals surface area contributed by atoms with Gasteiger partial charge in [-0.25, -0.2) is 0 Å². The van der Waals surface area contributed by atoms with Crippen molar-refractivity contribution in [3.8, 4) is 11.8 Å². The third-order valence-corrected chi connectivity index (χ3v) is 3.94. The summed E-state index contributed by atoms with van der Waals surface area (Å²) in [6.45, 7) is 8.96. The molecule has 138 valence electrons. The topological polar surface area (TPSA) is 102 Å². The van der Waals surface area contributed by atoms with Crippen molar-refractivity contribution in [2.24, 2.45) is 0 Å². The molecule has 7 nitrogen and oxygen atoms in total. The molecule has 25 heavy (non-hydrogen) atoms. The maximum absolute atomic E-state index is 11.2. The molecule has 1 atom stereocenters. The van der Waals surface area contributed by atoms with E-state index < -0.39 is 10.6 Å². The molecule has 1 fully saturated rings. The molecule has 0 spiro atoms. The molecule has 2 N–H and O–H groups in total. The fourth-order valence-corrected chi connectivity index (χ4v) is 2.86. The summed E-state index contributed by atoms with van der Waals surface area (Å²) in [4.78, 5) is 12.7. The number of nitro groups is 1. The van der Waals surface area contributed by atoms with Crippen LogP contribution in [0.25, 0.3) is 0 Å². The van der Waals surface area contributed by atoms with Crippen molar-refractivity contribution >= 4 is 30.5 Å². The van der Waals surface area contributed by atoms with E-state index in [1.165, 1.54) is 6.07 Å². The Morgan fingerprint density at radius 3 is 2.56 bits per heavy atom. The predicted molar refractivity (Wildman–Crippen MR) is 101 cm³/mol. The second-order valence-electron chi connectivity index (χ2n) is 5.77. The zero-order valence-electron chi connectivity index (χ0n) is 13.9. The van der Waals surface area contributed by atoms with Gasteiger partial charge in [-0.1, -0.05) is 5.57 Å². The van der Waals surface area contributed by atoms with E-state index in [2.05, 4.69) is 16.8 Å². The summed E-state index contributed by atoms with van der Waals surface area (Å²) in [7, 11) is 0. The van der Waals surface area contributed by atoms with Crippen molar-refractivity contribution in [2.75, 3.05) is 26.2 Å². The van der Waals surface area contributed by atoms with Gasteiger partial charge in [0.25, 0.3) is 0 Å². The molecule has 0 radical (unpaired) electrons. The van der Waals surface area contributed by atoms with Crippen molar-refractivity contribution in [1.82, 2.24) is 10.2 Å². The van der Waals surface area contributed by atoms with E-state index in [4.69, 9.17) is 5.26 Å². The molecule has 1 heterocycles. The van der Waals surface area contributed by atoms with Gasteiger partial charge in [-0.3, -0.25) is 15.0 Å². The van der Waals surface area contributed by atoms with Crippen LogP contribution in [0, 0.1) is 21.4 Å².